The van der Waals surface area contributed by atoms with Crippen LogP contribution in [-0.2, 0) is 6.42 Å². The second-order valence-electron chi connectivity index (χ2n) is 4.84. The van der Waals surface area contributed by atoms with Crippen LogP contribution in [0.2, 0.25) is 0 Å². The fraction of sp³-hybridized carbons (Fsp3) is 0.312. The van der Waals surface area contributed by atoms with Gasteiger partial charge in [-0.15, -0.1) is 11.3 Å². The Morgan fingerprint density at radius 3 is 2.90 bits per heavy atom. The van der Waals surface area contributed by atoms with Crippen molar-refractivity contribution in [1.82, 2.24) is 4.98 Å². The van der Waals surface area contributed by atoms with Crippen molar-refractivity contribution in [2.45, 2.75) is 26.7 Å². The van der Waals surface area contributed by atoms with Crippen LogP contribution in [0.4, 0.5) is 5.69 Å². The first-order chi connectivity index (χ1) is 10.1. The highest BCUT2D eigenvalue weighted by Gasteiger charge is 2.08. The number of aromatic nitrogens is 1. The maximum atomic E-state index is 11.6. The summed E-state index contributed by atoms with van der Waals surface area (Å²) >= 11 is 1.67. The molecule has 5 heteroatoms. The minimum atomic E-state index is -0.00228. The molecule has 1 N–H and O–H groups in total. The zero-order valence-electron chi connectivity index (χ0n) is 12.1. The SMILES string of the molecule is CC(=O)c1ccc(C#N)cc1NCCCc1nc(C)cs1. The first-order valence-electron chi connectivity index (χ1n) is 6.80. The molecule has 0 amide bonds. The number of carbonyl (C=O) groups is 1. The van der Waals surface area contributed by atoms with Crippen LogP contribution < -0.4 is 5.32 Å². The summed E-state index contributed by atoms with van der Waals surface area (Å²) in [5, 5.41) is 15.4. The van der Waals surface area contributed by atoms with E-state index in [0.29, 0.717) is 11.1 Å². The van der Waals surface area contributed by atoms with Crippen molar-refractivity contribution in [3.8, 4) is 6.07 Å². The van der Waals surface area contributed by atoms with E-state index in [1.54, 1.807) is 29.5 Å². The number of benzene rings is 1. The van der Waals surface area contributed by atoms with Gasteiger partial charge in [0.05, 0.1) is 16.6 Å². The van der Waals surface area contributed by atoms with E-state index in [9.17, 15) is 4.79 Å². The van der Waals surface area contributed by atoms with Crippen molar-refractivity contribution in [2.75, 3.05) is 11.9 Å². The summed E-state index contributed by atoms with van der Waals surface area (Å²) in [6.45, 7) is 4.27. The third-order valence-electron chi connectivity index (χ3n) is 3.08. The third kappa shape index (κ3) is 4.14. The Morgan fingerprint density at radius 1 is 1.48 bits per heavy atom. The number of nitrogens with one attached hydrogen (secondary N) is 1. The average molecular weight is 299 g/mol. The van der Waals surface area contributed by atoms with Gasteiger partial charge in [0.25, 0.3) is 0 Å². The molecule has 0 unspecified atom stereocenters. The smallest absolute Gasteiger partial charge is 0.161 e. The molecular weight excluding hydrogens is 282 g/mol. The van der Waals surface area contributed by atoms with Crippen molar-refractivity contribution in [2.24, 2.45) is 0 Å². The van der Waals surface area contributed by atoms with Gasteiger partial charge in [-0.3, -0.25) is 4.79 Å². The molecular formula is C16H17N3OS. The van der Waals surface area contributed by atoms with Crippen molar-refractivity contribution in [1.29, 1.82) is 5.26 Å². The van der Waals surface area contributed by atoms with Crippen LogP contribution in [-0.4, -0.2) is 17.3 Å². The maximum Gasteiger partial charge on any atom is 0.161 e. The third-order valence-corrected chi connectivity index (χ3v) is 4.10. The van der Waals surface area contributed by atoms with Crippen LogP contribution in [0.25, 0.3) is 0 Å². The lowest BCUT2D eigenvalue weighted by Crippen LogP contribution is -2.07. The molecule has 0 atom stereocenters. The number of Topliss-reactive ketones (excluding diaryl/α,β-unsaturated/α-hetero) is 1. The van der Waals surface area contributed by atoms with E-state index in [-0.39, 0.29) is 5.78 Å². The van der Waals surface area contributed by atoms with E-state index in [4.69, 9.17) is 5.26 Å². The summed E-state index contributed by atoms with van der Waals surface area (Å²) in [6.07, 6.45) is 1.85. The molecule has 0 aliphatic carbocycles. The number of carbonyl (C=O) groups excluding carboxylic acids is 1. The van der Waals surface area contributed by atoms with Crippen LogP contribution in [0.3, 0.4) is 0 Å². The highest BCUT2D eigenvalue weighted by molar-refractivity contribution is 7.09. The molecule has 21 heavy (non-hydrogen) atoms. The monoisotopic (exact) mass is 299 g/mol. The van der Waals surface area contributed by atoms with Gasteiger partial charge in [0, 0.05) is 35.3 Å². The van der Waals surface area contributed by atoms with Crippen LogP contribution in [0.5, 0.6) is 0 Å². The lowest BCUT2D eigenvalue weighted by molar-refractivity contribution is 0.101. The molecule has 0 saturated heterocycles. The molecule has 1 aromatic carbocycles. The summed E-state index contributed by atoms with van der Waals surface area (Å²) in [4.78, 5) is 16.0. The standard InChI is InChI=1S/C16H17N3OS/c1-11-10-21-16(19-11)4-3-7-18-15-8-13(9-17)5-6-14(15)12(2)20/h5-6,8,10,18H,3-4,7H2,1-2H3. The molecule has 108 valence electrons. The number of ketones is 1. The maximum absolute atomic E-state index is 11.6. The van der Waals surface area contributed by atoms with Gasteiger partial charge in [-0.05, 0) is 38.5 Å². The molecule has 1 heterocycles. The second kappa shape index (κ2) is 7.00. The van der Waals surface area contributed by atoms with E-state index in [0.717, 1.165) is 35.8 Å². The fourth-order valence-electron chi connectivity index (χ4n) is 2.05. The Bertz CT molecular complexity index is 685. The number of hydrogen-bond donors (Lipinski definition) is 1. The van der Waals surface area contributed by atoms with E-state index >= 15 is 0 Å². The molecule has 0 bridgehead atoms. The zero-order valence-corrected chi connectivity index (χ0v) is 13.0. The Kier molecular flexibility index (Phi) is 5.07. The van der Waals surface area contributed by atoms with Crippen LogP contribution in [0, 0.1) is 18.3 Å². The Morgan fingerprint density at radius 2 is 2.29 bits per heavy atom. The summed E-state index contributed by atoms with van der Waals surface area (Å²) in [5.41, 5.74) is 2.97. The Balaban J connectivity index is 1.95. The van der Waals surface area contributed by atoms with Gasteiger partial charge < -0.3 is 5.32 Å². The molecule has 0 radical (unpaired) electrons. The summed E-state index contributed by atoms with van der Waals surface area (Å²) in [5.74, 6) is -0.00228. The van der Waals surface area contributed by atoms with Crippen LogP contribution in [0.15, 0.2) is 23.6 Å². The fourth-order valence-corrected chi connectivity index (χ4v) is 2.87. The van der Waals surface area contributed by atoms with Gasteiger partial charge in [-0.2, -0.15) is 5.26 Å². The van der Waals surface area contributed by atoms with Crippen molar-refractivity contribution >= 4 is 22.8 Å². The van der Waals surface area contributed by atoms with E-state index in [2.05, 4.69) is 16.4 Å². The normalized spacial score (nSPS) is 10.1. The Labute approximate surface area is 128 Å². The van der Waals surface area contributed by atoms with Gasteiger partial charge >= 0.3 is 0 Å². The number of rotatable bonds is 6. The molecule has 0 aliphatic heterocycles. The van der Waals surface area contributed by atoms with Gasteiger partial charge in [-0.1, -0.05) is 0 Å². The van der Waals surface area contributed by atoms with Gasteiger partial charge in [0.15, 0.2) is 5.78 Å². The van der Waals surface area contributed by atoms with E-state index in [1.807, 2.05) is 12.3 Å². The van der Waals surface area contributed by atoms with Gasteiger partial charge in [0.1, 0.15) is 0 Å². The van der Waals surface area contributed by atoms with Crippen LogP contribution >= 0.6 is 11.3 Å². The minimum absolute atomic E-state index is 0.00228. The lowest BCUT2D eigenvalue weighted by atomic mass is 10.1. The molecule has 0 aliphatic rings. The largest absolute Gasteiger partial charge is 0.384 e. The van der Waals surface area contributed by atoms with E-state index in [1.165, 1.54) is 6.92 Å². The van der Waals surface area contributed by atoms with Crippen molar-refractivity contribution < 1.29 is 4.79 Å². The molecule has 2 rings (SSSR count). The Hall–Kier alpha value is -2.19. The summed E-state index contributed by atoms with van der Waals surface area (Å²) in [6, 6.07) is 7.19. The topological polar surface area (TPSA) is 65.8 Å². The lowest BCUT2D eigenvalue weighted by Gasteiger charge is -2.10. The number of anilines is 1. The molecule has 1 aromatic heterocycles. The quantitative estimate of drug-likeness (QED) is 0.654. The summed E-state index contributed by atoms with van der Waals surface area (Å²) in [7, 11) is 0. The number of thiazole rings is 1. The number of nitrogens with zero attached hydrogens (tertiary/aromatic N) is 2. The molecule has 0 fully saturated rings. The molecule has 0 saturated carbocycles. The van der Waals surface area contributed by atoms with Crippen molar-refractivity contribution in [3.05, 3.63) is 45.4 Å². The first-order valence-corrected chi connectivity index (χ1v) is 7.68. The number of hydrogen-bond acceptors (Lipinski definition) is 5. The van der Waals surface area contributed by atoms with E-state index < -0.39 is 0 Å². The minimum Gasteiger partial charge on any atom is -0.384 e. The number of aryl methyl sites for hydroxylation is 2. The zero-order chi connectivity index (χ0) is 15.2. The average Bonchev–Trinajstić information content (AvgIpc) is 2.88. The predicted octanol–water partition coefficient (Wildman–Crippen LogP) is 3.57. The highest BCUT2D eigenvalue weighted by atomic mass is 32.1. The van der Waals surface area contributed by atoms with Crippen molar-refractivity contribution in [3.63, 3.8) is 0 Å². The predicted molar refractivity (Wildman–Crippen MR) is 84.8 cm³/mol. The first kappa shape index (κ1) is 15.2. The number of nitriles is 1. The highest BCUT2D eigenvalue weighted by Crippen LogP contribution is 2.19. The molecule has 0 spiro atoms. The van der Waals surface area contributed by atoms with Gasteiger partial charge in [0.2, 0.25) is 0 Å². The second-order valence-corrected chi connectivity index (χ2v) is 5.78. The summed E-state index contributed by atoms with van der Waals surface area (Å²) < 4.78 is 0. The molecule has 4 nitrogen and oxygen atoms in total. The molecule has 2 aromatic rings. The van der Waals surface area contributed by atoms with Crippen LogP contribution in [0.1, 0.15) is 40.0 Å². The van der Waals surface area contributed by atoms with Gasteiger partial charge in [-0.25, -0.2) is 4.98 Å².